The van der Waals surface area contributed by atoms with Gasteiger partial charge in [0.05, 0.1) is 13.1 Å². The van der Waals surface area contributed by atoms with Crippen LogP contribution in [-0.4, -0.2) is 59.5 Å². The van der Waals surface area contributed by atoms with Gasteiger partial charge in [0, 0.05) is 12.6 Å². The smallest absolute Gasteiger partial charge is 0.320 e. The van der Waals surface area contributed by atoms with Crippen LogP contribution in [-0.2, 0) is 14.4 Å². The molecule has 1 atom stereocenters. The number of hydrogen-bond acceptors (Lipinski definition) is 4. The van der Waals surface area contributed by atoms with E-state index in [-0.39, 0.29) is 30.9 Å². The number of carbonyl (C=O) groups excluding carboxylic acids is 2. The fourth-order valence-electron chi connectivity index (χ4n) is 1.84. The van der Waals surface area contributed by atoms with E-state index in [1.54, 1.807) is 6.92 Å². The van der Waals surface area contributed by atoms with Crippen LogP contribution in [0.3, 0.4) is 0 Å². The summed E-state index contributed by atoms with van der Waals surface area (Å²) in [4.78, 5) is 36.1. The Morgan fingerprint density at radius 2 is 1.81 bits per heavy atom. The quantitative estimate of drug-likeness (QED) is 0.535. The van der Waals surface area contributed by atoms with E-state index in [0.717, 1.165) is 0 Å². The van der Waals surface area contributed by atoms with Gasteiger partial charge >= 0.3 is 5.97 Å². The summed E-state index contributed by atoms with van der Waals surface area (Å²) in [5.41, 5.74) is 0. The summed E-state index contributed by atoms with van der Waals surface area (Å²) in [6.45, 7) is 7.66. The maximum absolute atomic E-state index is 12.0. The van der Waals surface area contributed by atoms with E-state index in [1.165, 1.54) is 4.90 Å². The first-order chi connectivity index (χ1) is 9.81. The Hall–Kier alpha value is -1.63. The van der Waals surface area contributed by atoms with E-state index in [1.807, 2.05) is 20.8 Å². The van der Waals surface area contributed by atoms with Crippen LogP contribution >= 0.6 is 0 Å². The first kappa shape index (κ1) is 19.4. The SMILES string of the molecule is CCCC(NCC(=O)N(CC)CC(=O)NC(C)C)C(=O)O. The summed E-state index contributed by atoms with van der Waals surface area (Å²) in [5.74, 6) is -1.47. The minimum atomic E-state index is -0.967. The van der Waals surface area contributed by atoms with Gasteiger partial charge in [-0.25, -0.2) is 0 Å². The maximum Gasteiger partial charge on any atom is 0.320 e. The van der Waals surface area contributed by atoms with Crippen molar-refractivity contribution in [1.82, 2.24) is 15.5 Å². The molecule has 0 aliphatic heterocycles. The Balaban J connectivity index is 4.38. The molecule has 0 saturated heterocycles. The number of hydrogen-bond donors (Lipinski definition) is 3. The van der Waals surface area contributed by atoms with Crippen molar-refractivity contribution in [3.05, 3.63) is 0 Å². The molecule has 7 nitrogen and oxygen atoms in total. The zero-order chi connectivity index (χ0) is 16.4. The third-order valence-electron chi connectivity index (χ3n) is 2.89. The second-order valence-corrected chi connectivity index (χ2v) is 5.19. The predicted molar refractivity (Wildman–Crippen MR) is 79.9 cm³/mol. The van der Waals surface area contributed by atoms with Crippen LogP contribution < -0.4 is 10.6 Å². The van der Waals surface area contributed by atoms with Gasteiger partial charge in [-0.3, -0.25) is 19.7 Å². The molecule has 2 amide bonds. The van der Waals surface area contributed by atoms with Gasteiger partial charge in [0.15, 0.2) is 0 Å². The van der Waals surface area contributed by atoms with E-state index < -0.39 is 12.0 Å². The fraction of sp³-hybridized carbons (Fsp3) is 0.786. The first-order valence-corrected chi connectivity index (χ1v) is 7.35. The molecule has 0 fully saturated rings. The van der Waals surface area contributed by atoms with Crippen molar-refractivity contribution < 1.29 is 19.5 Å². The van der Waals surface area contributed by atoms with Crippen molar-refractivity contribution in [2.75, 3.05) is 19.6 Å². The van der Waals surface area contributed by atoms with E-state index in [9.17, 15) is 14.4 Å². The minimum absolute atomic E-state index is 0.0132. The van der Waals surface area contributed by atoms with Gasteiger partial charge in [0.25, 0.3) is 0 Å². The summed E-state index contributed by atoms with van der Waals surface area (Å²) in [6, 6.07) is -0.715. The molecule has 0 aliphatic rings. The molecule has 1 unspecified atom stereocenters. The molecule has 0 spiro atoms. The number of carbonyl (C=O) groups is 3. The standard InChI is InChI=1S/C14H27N3O4/c1-5-7-11(14(20)21)15-8-13(19)17(6-2)9-12(18)16-10(3)4/h10-11,15H,5-9H2,1-4H3,(H,16,18)(H,20,21). The van der Waals surface area contributed by atoms with Gasteiger partial charge in [-0.05, 0) is 27.2 Å². The van der Waals surface area contributed by atoms with Gasteiger partial charge in [-0.1, -0.05) is 13.3 Å². The number of nitrogens with one attached hydrogen (secondary N) is 2. The lowest BCUT2D eigenvalue weighted by atomic mass is 10.1. The first-order valence-electron chi connectivity index (χ1n) is 7.35. The average Bonchev–Trinajstić information content (AvgIpc) is 2.39. The number of nitrogens with zero attached hydrogens (tertiary/aromatic N) is 1. The number of carboxylic acid groups (broad SMARTS) is 1. The molecule has 0 rings (SSSR count). The van der Waals surface area contributed by atoms with Crippen molar-refractivity contribution in [3.8, 4) is 0 Å². The van der Waals surface area contributed by atoms with Crippen LogP contribution in [0.5, 0.6) is 0 Å². The molecule has 0 aromatic carbocycles. The van der Waals surface area contributed by atoms with Crippen LogP contribution in [0.15, 0.2) is 0 Å². The number of carboxylic acids is 1. The van der Waals surface area contributed by atoms with Crippen molar-refractivity contribution >= 4 is 17.8 Å². The van der Waals surface area contributed by atoms with Crippen LogP contribution in [0.4, 0.5) is 0 Å². The van der Waals surface area contributed by atoms with Crippen LogP contribution in [0, 0.1) is 0 Å². The summed E-state index contributed by atoms with van der Waals surface area (Å²) in [6.07, 6.45) is 1.18. The lowest BCUT2D eigenvalue weighted by Gasteiger charge is -2.22. The normalized spacial score (nSPS) is 12.0. The van der Waals surface area contributed by atoms with Crippen molar-refractivity contribution in [1.29, 1.82) is 0 Å². The van der Waals surface area contributed by atoms with Crippen molar-refractivity contribution in [2.45, 2.75) is 52.6 Å². The van der Waals surface area contributed by atoms with Gasteiger partial charge in [0.1, 0.15) is 6.04 Å². The summed E-state index contributed by atoms with van der Waals surface area (Å²) >= 11 is 0. The molecule has 0 saturated carbocycles. The molecule has 7 heteroatoms. The Morgan fingerprint density at radius 3 is 2.24 bits per heavy atom. The highest BCUT2D eigenvalue weighted by atomic mass is 16.4. The van der Waals surface area contributed by atoms with Gasteiger partial charge in [-0.2, -0.15) is 0 Å². The molecule has 0 bridgehead atoms. The zero-order valence-electron chi connectivity index (χ0n) is 13.3. The topological polar surface area (TPSA) is 98.7 Å². The van der Waals surface area contributed by atoms with E-state index in [0.29, 0.717) is 19.4 Å². The highest BCUT2D eigenvalue weighted by Crippen LogP contribution is 1.97. The fourth-order valence-corrected chi connectivity index (χ4v) is 1.84. The molecular formula is C14H27N3O4. The molecule has 0 aliphatic carbocycles. The van der Waals surface area contributed by atoms with E-state index in [2.05, 4.69) is 10.6 Å². The largest absolute Gasteiger partial charge is 0.480 e. The highest BCUT2D eigenvalue weighted by Gasteiger charge is 2.20. The summed E-state index contributed by atoms with van der Waals surface area (Å²) in [7, 11) is 0. The molecule has 0 heterocycles. The number of likely N-dealkylation sites (N-methyl/N-ethyl adjacent to an activating group) is 1. The Labute approximate surface area is 126 Å². The van der Waals surface area contributed by atoms with Crippen LogP contribution in [0.25, 0.3) is 0 Å². The minimum Gasteiger partial charge on any atom is -0.480 e. The van der Waals surface area contributed by atoms with Crippen LogP contribution in [0.1, 0.15) is 40.5 Å². The maximum atomic E-state index is 12.0. The van der Waals surface area contributed by atoms with Crippen LogP contribution in [0.2, 0.25) is 0 Å². The van der Waals surface area contributed by atoms with Gasteiger partial charge in [0.2, 0.25) is 11.8 Å². The lowest BCUT2D eigenvalue weighted by Crippen LogP contribution is -2.48. The molecular weight excluding hydrogens is 274 g/mol. The summed E-state index contributed by atoms with van der Waals surface area (Å²) in [5, 5.41) is 14.5. The zero-order valence-corrected chi connectivity index (χ0v) is 13.3. The highest BCUT2D eigenvalue weighted by molar-refractivity contribution is 5.86. The van der Waals surface area contributed by atoms with Crippen molar-refractivity contribution in [3.63, 3.8) is 0 Å². The number of aliphatic carboxylic acids is 1. The number of rotatable bonds is 10. The molecule has 0 radical (unpaired) electrons. The average molecular weight is 301 g/mol. The Morgan fingerprint density at radius 1 is 1.19 bits per heavy atom. The molecule has 0 aromatic heterocycles. The molecule has 122 valence electrons. The van der Waals surface area contributed by atoms with E-state index in [4.69, 9.17) is 5.11 Å². The predicted octanol–water partition coefficient (Wildman–Crippen LogP) is 0.202. The van der Waals surface area contributed by atoms with E-state index >= 15 is 0 Å². The Kier molecular flexibility index (Phi) is 9.36. The third-order valence-corrected chi connectivity index (χ3v) is 2.89. The second kappa shape index (κ2) is 10.1. The Bertz CT molecular complexity index is 358. The number of amides is 2. The molecule has 3 N–H and O–H groups in total. The monoisotopic (exact) mass is 301 g/mol. The van der Waals surface area contributed by atoms with Crippen molar-refractivity contribution in [2.24, 2.45) is 0 Å². The lowest BCUT2D eigenvalue weighted by molar-refractivity contribution is -0.140. The molecule has 21 heavy (non-hydrogen) atoms. The summed E-state index contributed by atoms with van der Waals surface area (Å²) < 4.78 is 0. The third kappa shape index (κ3) is 8.29. The molecule has 0 aromatic rings. The van der Waals surface area contributed by atoms with Gasteiger partial charge < -0.3 is 15.3 Å². The van der Waals surface area contributed by atoms with Gasteiger partial charge in [-0.15, -0.1) is 0 Å². The second-order valence-electron chi connectivity index (χ2n) is 5.19.